The summed E-state index contributed by atoms with van der Waals surface area (Å²) in [5.41, 5.74) is 8.84. The van der Waals surface area contributed by atoms with Gasteiger partial charge in [0.15, 0.2) is 21.6 Å². The molecule has 39 heavy (non-hydrogen) atoms. The normalized spacial score (nSPS) is 17.1. The lowest BCUT2D eigenvalue weighted by atomic mass is 9.78. The van der Waals surface area contributed by atoms with Crippen LogP contribution in [0.1, 0.15) is 30.1 Å². The number of Topliss-reactive ketones (excluding diaryl/α,β-unsaturated/α-hetero) is 1. The summed E-state index contributed by atoms with van der Waals surface area (Å²) in [6.45, 7) is 0. The summed E-state index contributed by atoms with van der Waals surface area (Å²) in [6, 6.07) is 11.2. The fourth-order valence-corrected chi connectivity index (χ4v) is 7.16. The smallest absolute Gasteiger partial charge is 0.234 e. The van der Waals surface area contributed by atoms with Gasteiger partial charge in [-0.05, 0) is 36.4 Å². The molecule has 3 N–H and O–H groups in total. The zero-order chi connectivity index (χ0) is 27.5. The molecule has 3 heterocycles. The summed E-state index contributed by atoms with van der Waals surface area (Å²) in [6.07, 6.45) is 1.76. The van der Waals surface area contributed by atoms with Crippen LogP contribution in [0, 0.1) is 11.3 Å². The largest absolute Gasteiger partial charge is 0.493 e. The van der Waals surface area contributed by atoms with Crippen LogP contribution in [-0.4, -0.2) is 41.9 Å². The number of rotatable bonds is 8. The molecule has 0 saturated heterocycles. The molecule has 5 rings (SSSR count). The number of benzene rings is 1. The van der Waals surface area contributed by atoms with Crippen LogP contribution in [-0.2, 0) is 9.59 Å². The van der Waals surface area contributed by atoms with E-state index in [-0.39, 0.29) is 23.3 Å². The Bertz CT molecular complexity index is 1520. The van der Waals surface area contributed by atoms with Crippen LogP contribution >= 0.6 is 34.4 Å². The third-order valence-corrected chi connectivity index (χ3v) is 9.30. The van der Waals surface area contributed by atoms with Crippen LogP contribution < -0.4 is 25.4 Å². The van der Waals surface area contributed by atoms with Gasteiger partial charge in [-0.3, -0.25) is 14.5 Å². The monoisotopic (exact) mass is 580 g/mol. The van der Waals surface area contributed by atoms with Gasteiger partial charge in [-0.15, -0.1) is 21.5 Å². The van der Waals surface area contributed by atoms with Crippen molar-refractivity contribution in [3.05, 3.63) is 63.3 Å². The van der Waals surface area contributed by atoms with Gasteiger partial charge < -0.3 is 20.5 Å². The number of carbonyl (C=O) groups is 2. The summed E-state index contributed by atoms with van der Waals surface area (Å²) in [4.78, 5) is 28.3. The number of ether oxygens (including phenoxy) is 2. The zero-order valence-electron chi connectivity index (χ0n) is 21.1. The Kier molecular flexibility index (Phi) is 7.87. The molecular weight excluding hydrogens is 557 g/mol. The second kappa shape index (κ2) is 11.5. The van der Waals surface area contributed by atoms with E-state index in [2.05, 4.69) is 21.6 Å². The number of allylic oxidation sites excluding steroid dienone is 3. The number of hydrogen-bond donors (Lipinski definition) is 2. The highest BCUT2D eigenvalue weighted by molar-refractivity contribution is 8.01. The lowest BCUT2D eigenvalue weighted by Gasteiger charge is -2.37. The minimum absolute atomic E-state index is 0.0193. The average Bonchev–Trinajstić information content (AvgIpc) is 3.64. The number of nitrogens with one attached hydrogen (secondary N) is 1. The maximum Gasteiger partial charge on any atom is 0.234 e. The molecule has 3 aromatic rings. The third kappa shape index (κ3) is 5.23. The van der Waals surface area contributed by atoms with Gasteiger partial charge in [0, 0.05) is 34.3 Å². The van der Waals surface area contributed by atoms with E-state index in [0.29, 0.717) is 57.1 Å². The highest BCUT2D eigenvalue weighted by Crippen LogP contribution is 2.48. The van der Waals surface area contributed by atoms with E-state index in [1.54, 1.807) is 30.2 Å². The van der Waals surface area contributed by atoms with Crippen LogP contribution in [0.3, 0.4) is 0 Å². The highest BCUT2D eigenvalue weighted by Gasteiger charge is 2.41. The number of nitrogens with two attached hydrogens (primary N) is 1. The Morgan fingerprint density at radius 3 is 2.79 bits per heavy atom. The quantitative estimate of drug-likeness (QED) is 0.361. The number of thiophene rings is 1. The molecule has 1 unspecified atom stereocenters. The molecule has 10 nitrogen and oxygen atoms in total. The first-order chi connectivity index (χ1) is 18.9. The van der Waals surface area contributed by atoms with Crippen molar-refractivity contribution in [2.24, 2.45) is 5.73 Å². The standard InChI is InChI=1S/C26H24N6O4S3/c1-35-18-9-8-14(11-19(18)36-2)29-21(34)13-38-26-31-30-25(39-26)32-16-5-3-6-17(33)23(16)22(15(12-27)24(32)28)20-7-4-10-37-20/h4,7-11,22H,3,5-6,13,28H2,1-2H3,(H,29,34). The number of carbonyl (C=O) groups excluding carboxylic acids is 2. The van der Waals surface area contributed by atoms with E-state index in [1.165, 1.54) is 41.5 Å². The van der Waals surface area contributed by atoms with Gasteiger partial charge in [0.25, 0.3) is 0 Å². The van der Waals surface area contributed by atoms with E-state index in [9.17, 15) is 14.9 Å². The van der Waals surface area contributed by atoms with E-state index in [4.69, 9.17) is 15.2 Å². The fourth-order valence-electron chi connectivity index (χ4n) is 4.63. The van der Waals surface area contributed by atoms with Crippen LogP contribution in [0.4, 0.5) is 10.8 Å². The molecule has 2 aromatic heterocycles. The molecule has 2 aliphatic rings. The van der Waals surface area contributed by atoms with Crippen LogP contribution in [0.25, 0.3) is 0 Å². The fraction of sp³-hybridized carbons (Fsp3) is 0.269. The number of hydrogen-bond acceptors (Lipinski definition) is 12. The number of amides is 1. The molecule has 0 fully saturated rings. The predicted octanol–water partition coefficient (Wildman–Crippen LogP) is 4.65. The molecule has 1 amide bonds. The van der Waals surface area contributed by atoms with Crippen LogP contribution in [0.2, 0.25) is 0 Å². The molecule has 0 bridgehead atoms. The van der Waals surface area contributed by atoms with E-state index in [0.717, 1.165) is 10.6 Å². The Morgan fingerprint density at radius 1 is 1.26 bits per heavy atom. The lowest BCUT2D eigenvalue weighted by molar-refractivity contribution is -0.116. The van der Waals surface area contributed by atoms with Gasteiger partial charge >= 0.3 is 0 Å². The first-order valence-electron chi connectivity index (χ1n) is 11.9. The number of ketones is 1. The molecule has 1 aliphatic heterocycles. The minimum Gasteiger partial charge on any atom is -0.493 e. The second-order valence-electron chi connectivity index (χ2n) is 8.59. The maximum absolute atomic E-state index is 13.1. The van der Waals surface area contributed by atoms with Crippen LogP contribution in [0.15, 0.2) is 62.7 Å². The summed E-state index contributed by atoms with van der Waals surface area (Å²) in [5.74, 6) is 0.748. The van der Waals surface area contributed by atoms with E-state index >= 15 is 0 Å². The average molecular weight is 581 g/mol. The second-order valence-corrected chi connectivity index (χ2v) is 11.7. The molecule has 1 aliphatic carbocycles. The number of nitrogens with zero attached hydrogens (tertiary/aromatic N) is 4. The summed E-state index contributed by atoms with van der Waals surface area (Å²) in [5, 5.41) is 23.8. The molecule has 0 radical (unpaired) electrons. The van der Waals surface area contributed by atoms with Crippen LogP contribution in [0.5, 0.6) is 11.5 Å². The first-order valence-corrected chi connectivity index (χ1v) is 14.6. The summed E-state index contributed by atoms with van der Waals surface area (Å²) >= 11 is 3.99. The zero-order valence-corrected chi connectivity index (χ0v) is 23.5. The van der Waals surface area contributed by atoms with Crippen molar-refractivity contribution >= 4 is 56.9 Å². The Hall–Kier alpha value is -3.86. The van der Waals surface area contributed by atoms with Crippen molar-refractivity contribution in [3.8, 4) is 17.6 Å². The van der Waals surface area contributed by atoms with Crippen molar-refractivity contribution in [1.82, 2.24) is 10.2 Å². The van der Waals surface area contributed by atoms with Crippen molar-refractivity contribution in [3.63, 3.8) is 0 Å². The van der Waals surface area contributed by atoms with Gasteiger partial charge in [-0.2, -0.15) is 5.26 Å². The number of methoxy groups -OCH3 is 2. The molecule has 0 spiro atoms. The Morgan fingerprint density at radius 2 is 2.08 bits per heavy atom. The highest BCUT2D eigenvalue weighted by atomic mass is 32.2. The summed E-state index contributed by atoms with van der Waals surface area (Å²) < 4.78 is 11.1. The van der Waals surface area contributed by atoms with E-state index < -0.39 is 5.92 Å². The third-order valence-electron chi connectivity index (χ3n) is 6.32. The SMILES string of the molecule is COc1ccc(NC(=O)CSc2nnc(N3C(N)=C(C#N)C(c4cccs4)C4=C3CCCC4=O)s2)cc1OC. The number of nitriles is 1. The van der Waals surface area contributed by atoms with Crippen molar-refractivity contribution in [2.75, 3.05) is 30.2 Å². The molecule has 1 aromatic carbocycles. The van der Waals surface area contributed by atoms with Gasteiger partial charge in [-0.1, -0.05) is 29.2 Å². The Labute approximate surface area is 237 Å². The van der Waals surface area contributed by atoms with Crippen molar-refractivity contribution in [1.29, 1.82) is 5.26 Å². The Balaban J connectivity index is 1.35. The maximum atomic E-state index is 13.1. The number of thioether (sulfide) groups is 1. The van der Waals surface area contributed by atoms with Gasteiger partial charge in [0.05, 0.1) is 37.5 Å². The van der Waals surface area contributed by atoms with E-state index in [1.807, 2.05) is 17.5 Å². The number of aromatic nitrogens is 2. The molecular formula is C26H24N6O4S3. The minimum atomic E-state index is -0.476. The van der Waals surface area contributed by atoms with Crippen molar-refractivity contribution < 1.29 is 19.1 Å². The summed E-state index contributed by atoms with van der Waals surface area (Å²) in [7, 11) is 3.07. The molecule has 1 atom stereocenters. The van der Waals surface area contributed by atoms with Gasteiger partial charge in [0.1, 0.15) is 5.82 Å². The molecule has 13 heteroatoms. The molecule has 0 saturated carbocycles. The van der Waals surface area contributed by atoms with Gasteiger partial charge in [-0.25, -0.2) is 0 Å². The topological polar surface area (TPSA) is 143 Å². The number of anilines is 2. The molecule has 200 valence electrons. The lowest BCUT2D eigenvalue weighted by Crippen LogP contribution is -2.38. The van der Waals surface area contributed by atoms with Gasteiger partial charge in [0.2, 0.25) is 11.0 Å². The predicted molar refractivity (Wildman–Crippen MR) is 151 cm³/mol. The first kappa shape index (κ1) is 26.7. The van der Waals surface area contributed by atoms with Crippen molar-refractivity contribution in [2.45, 2.75) is 29.5 Å².